The minimum absolute atomic E-state index is 0.00607. The standard InChI is InChI=1S/C24H25N3O6.C2H6/c1-3-20-21-14(8-9-27(20)23(30)17-12-33-24(31)22(29)13(17)2)11-16-15(5-4-10-28)19(26-32)7-6-18(16)25-21;1-2/h3,6-7,11,22,28-29H,4-5,8-10,12H2,1-2H3;1-2H3/b20-3-;. The molecule has 2 aliphatic rings. The second-order valence-corrected chi connectivity index (χ2v) is 8.10. The second-order valence-electron chi connectivity index (χ2n) is 8.10. The third-order valence-corrected chi connectivity index (χ3v) is 6.23. The van der Waals surface area contributed by atoms with Gasteiger partial charge in [0.25, 0.3) is 5.91 Å². The van der Waals surface area contributed by atoms with Crippen molar-refractivity contribution in [3.8, 4) is 0 Å². The van der Waals surface area contributed by atoms with Crippen molar-refractivity contribution in [3.63, 3.8) is 0 Å². The van der Waals surface area contributed by atoms with E-state index in [0.717, 1.165) is 16.5 Å². The number of hydrogen-bond donors (Lipinski definition) is 2. The van der Waals surface area contributed by atoms with Crippen molar-refractivity contribution >= 4 is 34.2 Å². The van der Waals surface area contributed by atoms with E-state index in [-0.39, 0.29) is 24.7 Å². The summed E-state index contributed by atoms with van der Waals surface area (Å²) in [7, 11) is 0. The maximum Gasteiger partial charge on any atom is 0.339 e. The van der Waals surface area contributed by atoms with Crippen molar-refractivity contribution in [3.05, 3.63) is 57.1 Å². The van der Waals surface area contributed by atoms with E-state index in [2.05, 4.69) is 5.18 Å². The largest absolute Gasteiger partial charge is 0.458 e. The van der Waals surface area contributed by atoms with Crippen molar-refractivity contribution < 1.29 is 24.5 Å². The molecule has 0 saturated carbocycles. The summed E-state index contributed by atoms with van der Waals surface area (Å²) in [6.07, 6.45) is 1.92. The zero-order chi connectivity index (χ0) is 25.7. The van der Waals surface area contributed by atoms with Crippen LogP contribution < -0.4 is 0 Å². The molecule has 0 bridgehead atoms. The molecule has 2 aromatic rings. The van der Waals surface area contributed by atoms with Crippen LogP contribution in [0.2, 0.25) is 0 Å². The molecule has 0 radical (unpaired) electrons. The number of carbonyl (C=O) groups excluding carboxylic acids is 2. The Bertz CT molecular complexity index is 1220. The summed E-state index contributed by atoms with van der Waals surface area (Å²) in [5.74, 6) is -1.09. The summed E-state index contributed by atoms with van der Waals surface area (Å²) < 4.78 is 4.97. The normalized spacial score (nSPS) is 18.7. The number of nitrogens with zero attached hydrogens (tertiary/aromatic N) is 3. The molecule has 1 unspecified atom stereocenters. The number of aromatic nitrogens is 1. The van der Waals surface area contributed by atoms with E-state index in [1.165, 1.54) is 0 Å². The number of cyclic esters (lactones) is 1. The summed E-state index contributed by atoms with van der Waals surface area (Å²) in [4.78, 5) is 42.7. The number of benzene rings is 1. The van der Waals surface area contributed by atoms with Crippen molar-refractivity contribution in [1.82, 2.24) is 9.88 Å². The fraction of sp³-hybridized carbons (Fsp3) is 0.423. The summed E-state index contributed by atoms with van der Waals surface area (Å²) in [5, 5.41) is 23.2. The Balaban J connectivity index is 0.00000167. The molecule has 4 rings (SSSR count). The van der Waals surface area contributed by atoms with E-state index in [1.807, 2.05) is 32.9 Å². The fourth-order valence-corrected chi connectivity index (χ4v) is 4.41. The van der Waals surface area contributed by atoms with Crippen LogP contribution in [0.25, 0.3) is 16.6 Å². The number of carbonyl (C=O) groups is 2. The molecule has 1 atom stereocenters. The van der Waals surface area contributed by atoms with E-state index >= 15 is 0 Å². The van der Waals surface area contributed by atoms with Crippen LogP contribution in [0.15, 0.2) is 40.6 Å². The zero-order valence-corrected chi connectivity index (χ0v) is 20.5. The predicted octanol–water partition coefficient (Wildman–Crippen LogP) is 3.56. The molecule has 1 aromatic carbocycles. The van der Waals surface area contributed by atoms with Crippen molar-refractivity contribution in [2.75, 3.05) is 19.8 Å². The molecule has 0 fully saturated rings. The lowest BCUT2D eigenvalue weighted by molar-refractivity contribution is -0.152. The van der Waals surface area contributed by atoms with Gasteiger partial charge in [0, 0.05) is 18.5 Å². The third kappa shape index (κ3) is 4.87. The van der Waals surface area contributed by atoms with Gasteiger partial charge in [0.1, 0.15) is 12.3 Å². The molecule has 1 amide bonds. The van der Waals surface area contributed by atoms with Gasteiger partial charge in [-0.25, -0.2) is 9.78 Å². The first-order valence-corrected chi connectivity index (χ1v) is 11.8. The highest BCUT2D eigenvalue weighted by atomic mass is 16.5. The van der Waals surface area contributed by atoms with Crippen LogP contribution in [0.1, 0.15) is 50.9 Å². The van der Waals surface area contributed by atoms with Gasteiger partial charge in [-0.15, -0.1) is 4.91 Å². The Kier molecular flexibility index (Phi) is 8.48. The van der Waals surface area contributed by atoms with E-state index in [9.17, 15) is 24.7 Å². The first-order chi connectivity index (χ1) is 16.9. The molecular formula is C26H31N3O6. The van der Waals surface area contributed by atoms with Gasteiger partial charge in [0.2, 0.25) is 0 Å². The second kappa shape index (κ2) is 11.3. The number of aliphatic hydroxyl groups excluding tert-OH is 2. The Morgan fingerprint density at radius 3 is 2.74 bits per heavy atom. The van der Waals surface area contributed by atoms with Crippen LogP contribution in [0.5, 0.6) is 0 Å². The van der Waals surface area contributed by atoms with Gasteiger partial charge in [-0.2, -0.15) is 0 Å². The van der Waals surface area contributed by atoms with Gasteiger partial charge in [-0.3, -0.25) is 4.79 Å². The molecule has 35 heavy (non-hydrogen) atoms. The summed E-state index contributed by atoms with van der Waals surface area (Å²) in [5.41, 5.74) is 4.55. The molecular weight excluding hydrogens is 450 g/mol. The Morgan fingerprint density at radius 1 is 1.34 bits per heavy atom. The summed E-state index contributed by atoms with van der Waals surface area (Å²) >= 11 is 0. The number of esters is 1. The zero-order valence-electron chi connectivity index (χ0n) is 20.5. The lowest BCUT2D eigenvalue weighted by Gasteiger charge is -2.33. The molecule has 3 heterocycles. The van der Waals surface area contributed by atoms with Gasteiger partial charge in [-0.05, 0) is 73.2 Å². The van der Waals surface area contributed by atoms with Gasteiger partial charge < -0.3 is 19.8 Å². The molecule has 2 aliphatic heterocycles. The number of aliphatic hydroxyl groups is 2. The average molecular weight is 482 g/mol. The number of rotatable bonds is 5. The number of ether oxygens (including phenoxy) is 1. The van der Waals surface area contributed by atoms with Crippen molar-refractivity contribution in [1.29, 1.82) is 0 Å². The van der Waals surface area contributed by atoms with Crippen LogP contribution in [0.3, 0.4) is 0 Å². The quantitative estimate of drug-likeness (QED) is 0.493. The first kappa shape index (κ1) is 26.2. The highest BCUT2D eigenvalue weighted by Crippen LogP contribution is 2.35. The highest BCUT2D eigenvalue weighted by molar-refractivity contribution is 6.02. The molecule has 0 saturated heterocycles. The molecule has 0 aliphatic carbocycles. The number of pyridine rings is 1. The van der Waals surface area contributed by atoms with Gasteiger partial charge in [0.15, 0.2) is 6.10 Å². The van der Waals surface area contributed by atoms with Crippen molar-refractivity contribution in [2.24, 2.45) is 5.18 Å². The topological polar surface area (TPSA) is 129 Å². The average Bonchev–Trinajstić information content (AvgIpc) is 2.89. The molecule has 0 spiro atoms. The Hall–Kier alpha value is -3.43. The number of aryl methyl sites for hydroxylation is 1. The molecule has 9 nitrogen and oxygen atoms in total. The van der Waals surface area contributed by atoms with E-state index < -0.39 is 12.1 Å². The van der Waals surface area contributed by atoms with E-state index in [4.69, 9.17) is 9.72 Å². The first-order valence-electron chi connectivity index (χ1n) is 11.8. The summed E-state index contributed by atoms with van der Waals surface area (Å²) in [6, 6.07) is 5.34. The number of hydrogen-bond acceptors (Lipinski definition) is 8. The minimum atomic E-state index is -1.44. The van der Waals surface area contributed by atoms with Crippen LogP contribution in [-0.4, -0.2) is 57.8 Å². The van der Waals surface area contributed by atoms with Crippen molar-refractivity contribution in [2.45, 2.75) is 53.1 Å². The molecule has 2 N–H and O–H groups in total. The maximum absolute atomic E-state index is 13.3. The fourth-order valence-electron chi connectivity index (χ4n) is 4.41. The van der Waals surface area contributed by atoms with Crippen LogP contribution >= 0.6 is 0 Å². The highest BCUT2D eigenvalue weighted by Gasteiger charge is 2.35. The maximum atomic E-state index is 13.3. The Morgan fingerprint density at radius 2 is 2.09 bits per heavy atom. The molecule has 9 heteroatoms. The smallest absolute Gasteiger partial charge is 0.339 e. The predicted molar refractivity (Wildman–Crippen MR) is 133 cm³/mol. The Labute approximate surface area is 204 Å². The SMILES string of the molecule is C/C=C1/c2nc3ccc(N=O)c(CCCO)c3cc2CCN1C(=O)C1=C(C)C(O)C(=O)OC1.CC. The number of nitroso groups, excluding NO2 is 1. The molecule has 1 aromatic heterocycles. The van der Waals surface area contributed by atoms with E-state index in [1.54, 1.807) is 24.0 Å². The summed E-state index contributed by atoms with van der Waals surface area (Å²) in [6.45, 7) is 7.59. The van der Waals surface area contributed by atoms with Gasteiger partial charge in [-0.1, -0.05) is 19.9 Å². The van der Waals surface area contributed by atoms with Crippen LogP contribution in [0.4, 0.5) is 5.69 Å². The number of allylic oxidation sites excluding steroid dienone is 1. The third-order valence-electron chi connectivity index (χ3n) is 6.23. The van der Waals surface area contributed by atoms with Crippen LogP contribution in [-0.2, 0) is 27.2 Å². The molecule has 186 valence electrons. The monoisotopic (exact) mass is 481 g/mol. The van der Waals surface area contributed by atoms with E-state index in [0.29, 0.717) is 54.0 Å². The van der Waals surface area contributed by atoms with Gasteiger partial charge in [0.05, 0.1) is 22.5 Å². The van der Waals surface area contributed by atoms with Crippen LogP contribution in [0, 0.1) is 4.91 Å². The lowest BCUT2D eigenvalue weighted by Crippen LogP contribution is -2.41. The minimum Gasteiger partial charge on any atom is -0.458 e. The number of fused-ring (bicyclic) bond motifs is 2. The van der Waals surface area contributed by atoms with Gasteiger partial charge >= 0.3 is 5.97 Å². The lowest BCUT2D eigenvalue weighted by atomic mass is 9.94. The number of amides is 1.